The van der Waals surface area contributed by atoms with Gasteiger partial charge in [-0.25, -0.2) is 14.4 Å². The number of carbonyl (C=O) groups is 2. The van der Waals surface area contributed by atoms with Gasteiger partial charge in [-0.1, -0.05) is 24.3 Å². The molecule has 2 aromatic heterocycles. The van der Waals surface area contributed by atoms with Crippen molar-refractivity contribution < 1.29 is 14.0 Å². The van der Waals surface area contributed by atoms with Crippen molar-refractivity contribution in [1.82, 2.24) is 15.0 Å². The van der Waals surface area contributed by atoms with Gasteiger partial charge in [0.1, 0.15) is 23.0 Å². The number of H-pyrrole nitrogens is 1. The van der Waals surface area contributed by atoms with Crippen molar-refractivity contribution >= 4 is 17.6 Å². The van der Waals surface area contributed by atoms with Crippen LogP contribution in [0.25, 0.3) is 22.4 Å². The third-order valence-electron chi connectivity index (χ3n) is 4.49. The highest BCUT2D eigenvalue weighted by Gasteiger charge is 2.14. The molecule has 0 unspecified atom stereocenters. The number of benzene rings is 2. The number of nitrogens with two attached hydrogens (primary N) is 1. The Hall–Kier alpha value is -4.33. The number of aromatic amines is 1. The average Bonchev–Trinajstić information content (AvgIpc) is 3.25. The molecule has 2 amide bonds. The number of rotatable bonds is 5. The molecule has 0 aliphatic carbocycles. The summed E-state index contributed by atoms with van der Waals surface area (Å²) in [6, 6.07) is 16.1. The first-order chi connectivity index (χ1) is 14.5. The molecule has 0 fully saturated rings. The zero-order valence-corrected chi connectivity index (χ0v) is 15.6. The molecule has 0 spiro atoms. The fourth-order valence-electron chi connectivity index (χ4n) is 2.99. The molecule has 2 aromatic carbocycles. The highest BCUT2D eigenvalue weighted by atomic mass is 19.1. The average molecular weight is 401 g/mol. The van der Waals surface area contributed by atoms with Crippen molar-refractivity contribution in [1.29, 1.82) is 0 Å². The summed E-state index contributed by atoms with van der Waals surface area (Å²) in [5.41, 5.74) is 8.61. The standard InChI is InChI=1S/C22H16FN5O2/c23-17-7-5-13(6-8-17)16-9-10-25-18(11-16)28-22(30)15-3-1-14(2-4-15)19-20(21(24)29)27-12-26-19/h1-12H,(H2,24,29)(H,26,27)(H,25,28,30). The monoisotopic (exact) mass is 401 g/mol. The molecular formula is C22H16FN5O2. The lowest BCUT2D eigenvalue weighted by Gasteiger charge is -2.08. The molecule has 4 rings (SSSR count). The molecular weight excluding hydrogens is 385 g/mol. The quantitative estimate of drug-likeness (QED) is 0.474. The number of nitrogens with zero attached hydrogens (tertiary/aromatic N) is 2. The number of imidazole rings is 1. The molecule has 2 heterocycles. The Morgan fingerprint density at radius 1 is 0.900 bits per heavy atom. The molecule has 0 aliphatic heterocycles. The molecule has 0 saturated heterocycles. The number of hydrogen-bond donors (Lipinski definition) is 3. The normalized spacial score (nSPS) is 10.6. The van der Waals surface area contributed by atoms with Gasteiger partial charge in [0.25, 0.3) is 11.8 Å². The Morgan fingerprint density at radius 2 is 1.60 bits per heavy atom. The number of hydrogen-bond acceptors (Lipinski definition) is 4. The van der Waals surface area contributed by atoms with Crippen molar-refractivity contribution in [3.05, 3.63) is 90.3 Å². The van der Waals surface area contributed by atoms with Crippen molar-refractivity contribution in [3.8, 4) is 22.4 Å². The zero-order chi connectivity index (χ0) is 21.1. The molecule has 0 bridgehead atoms. The van der Waals surface area contributed by atoms with E-state index in [2.05, 4.69) is 20.3 Å². The third-order valence-corrected chi connectivity index (χ3v) is 4.49. The van der Waals surface area contributed by atoms with Crippen LogP contribution in [0.2, 0.25) is 0 Å². The molecule has 0 atom stereocenters. The van der Waals surface area contributed by atoms with Crippen LogP contribution in [-0.4, -0.2) is 26.8 Å². The van der Waals surface area contributed by atoms with Crippen LogP contribution >= 0.6 is 0 Å². The third kappa shape index (κ3) is 3.93. The number of carbonyl (C=O) groups excluding carboxylic acids is 2. The van der Waals surface area contributed by atoms with Gasteiger partial charge in [0, 0.05) is 17.3 Å². The first-order valence-electron chi connectivity index (χ1n) is 8.98. The number of nitrogens with one attached hydrogen (secondary N) is 2. The smallest absolute Gasteiger partial charge is 0.267 e. The van der Waals surface area contributed by atoms with E-state index in [-0.39, 0.29) is 17.4 Å². The van der Waals surface area contributed by atoms with Crippen LogP contribution in [0.3, 0.4) is 0 Å². The highest BCUT2D eigenvalue weighted by molar-refractivity contribution is 6.04. The topological polar surface area (TPSA) is 114 Å². The molecule has 0 saturated carbocycles. The second kappa shape index (κ2) is 7.96. The van der Waals surface area contributed by atoms with E-state index >= 15 is 0 Å². The number of primary amides is 1. The lowest BCUT2D eigenvalue weighted by Crippen LogP contribution is -2.13. The van der Waals surface area contributed by atoms with Crippen LogP contribution in [0, 0.1) is 5.82 Å². The van der Waals surface area contributed by atoms with Gasteiger partial charge in [-0.15, -0.1) is 0 Å². The van der Waals surface area contributed by atoms with Gasteiger partial charge < -0.3 is 16.0 Å². The van der Waals surface area contributed by atoms with Gasteiger partial charge in [0.2, 0.25) is 0 Å². The largest absolute Gasteiger partial charge is 0.364 e. The second-order valence-electron chi connectivity index (χ2n) is 6.46. The SMILES string of the molecule is NC(=O)c1[nH]cnc1-c1ccc(C(=O)Nc2cc(-c3ccc(F)cc3)ccn2)cc1. The molecule has 7 nitrogen and oxygen atoms in total. The number of aromatic nitrogens is 3. The summed E-state index contributed by atoms with van der Waals surface area (Å²) in [5, 5.41) is 2.74. The van der Waals surface area contributed by atoms with Crippen LogP contribution in [0.4, 0.5) is 10.2 Å². The van der Waals surface area contributed by atoms with Crippen molar-refractivity contribution in [2.45, 2.75) is 0 Å². The fraction of sp³-hybridized carbons (Fsp3) is 0. The molecule has 8 heteroatoms. The number of anilines is 1. The first kappa shape index (κ1) is 19.0. The van der Waals surface area contributed by atoms with Crippen molar-refractivity contribution in [2.24, 2.45) is 5.73 Å². The Bertz CT molecular complexity index is 1220. The molecule has 30 heavy (non-hydrogen) atoms. The van der Waals surface area contributed by atoms with E-state index < -0.39 is 5.91 Å². The maximum atomic E-state index is 13.1. The molecule has 0 radical (unpaired) electrons. The Kier molecular flexibility index (Phi) is 5.04. The van der Waals surface area contributed by atoms with Gasteiger partial charge in [-0.2, -0.15) is 0 Å². The van der Waals surface area contributed by atoms with Gasteiger partial charge in [0.05, 0.1) is 6.33 Å². The summed E-state index contributed by atoms with van der Waals surface area (Å²) < 4.78 is 13.1. The van der Waals surface area contributed by atoms with Crippen molar-refractivity contribution in [3.63, 3.8) is 0 Å². The number of halogens is 1. The summed E-state index contributed by atoms with van der Waals surface area (Å²) in [7, 11) is 0. The van der Waals surface area contributed by atoms with Gasteiger partial charge in [-0.05, 0) is 47.5 Å². The van der Waals surface area contributed by atoms with Crippen LogP contribution < -0.4 is 11.1 Å². The van der Waals surface area contributed by atoms with E-state index in [0.717, 1.165) is 11.1 Å². The summed E-state index contributed by atoms with van der Waals surface area (Å²) in [5.74, 6) is -0.907. The van der Waals surface area contributed by atoms with E-state index in [1.165, 1.54) is 18.5 Å². The maximum Gasteiger partial charge on any atom is 0.267 e. The van der Waals surface area contributed by atoms with Gasteiger partial charge >= 0.3 is 0 Å². The molecule has 4 aromatic rings. The molecule has 4 N–H and O–H groups in total. The van der Waals surface area contributed by atoms with Crippen LogP contribution in [0.5, 0.6) is 0 Å². The summed E-state index contributed by atoms with van der Waals surface area (Å²) >= 11 is 0. The number of pyridine rings is 1. The van der Waals surface area contributed by atoms with E-state index in [1.54, 1.807) is 54.7 Å². The van der Waals surface area contributed by atoms with Crippen molar-refractivity contribution in [2.75, 3.05) is 5.32 Å². The van der Waals surface area contributed by atoms with E-state index in [1.807, 2.05) is 0 Å². The Balaban J connectivity index is 1.52. The predicted molar refractivity (Wildman–Crippen MR) is 110 cm³/mol. The summed E-state index contributed by atoms with van der Waals surface area (Å²) in [6.07, 6.45) is 2.95. The second-order valence-corrected chi connectivity index (χ2v) is 6.46. The predicted octanol–water partition coefficient (Wildman–Crippen LogP) is 3.63. The maximum absolute atomic E-state index is 13.1. The van der Waals surface area contributed by atoms with Gasteiger partial charge in [-0.3, -0.25) is 9.59 Å². The van der Waals surface area contributed by atoms with Crippen LogP contribution in [0.1, 0.15) is 20.8 Å². The lowest BCUT2D eigenvalue weighted by atomic mass is 10.1. The minimum absolute atomic E-state index is 0.203. The summed E-state index contributed by atoms with van der Waals surface area (Å²) in [6.45, 7) is 0. The molecule has 0 aliphatic rings. The Morgan fingerprint density at radius 3 is 2.30 bits per heavy atom. The lowest BCUT2D eigenvalue weighted by molar-refractivity contribution is 0.0994. The molecule has 148 valence electrons. The van der Waals surface area contributed by atoms with Crippen LogP contribution in [-0.2, 0) is 0 Å². The minimum Gasteiger partial charge on any atom is -0.364 e. The fourth-order valence-corrected chi connectivity index (χ4v) is 2.99. The highest BCUT2D eigenvalue weighted by Crippen LogP contribution is 2.23. The Labute approximate surface area is 170 Å². The summed E-state index contributed by atoms with van der Waals surface area (Å²) in [4.78, 5) is 35.0. The minimum atomic E-state index is -0.614. The first-order valence-corrected chi connectivity index (χ1v) is 8.98. The van der Waals surface area contributed by atoms with E-state index in [4.69, 9.17) is 5.73 Å². The number of amides is 2. The van der Waals surface area contributed by atoms with Gasteiger partial charge in [0.15, 0.2) is 0 Å². The van der Waals surface area contributed by atoms with E-state index in [9.17, 15) is 14.0 Å². The van der Waals surface area contributed by atoms with Crippen LogP contribution in [0.15, 0.2) is 73.2 Å². The zero-order valence-electron chi connectivity index (χ0n) is 15.6. The van der Waals surface area contributed by atoms with E-state index in [0.29, 0.717) is 22.6 Å².